The van der Waals surface area contributed by atoms with E-state index in [2.05, 4.69) is 20.5 Å². The zero-order valence-electron chi connectivity index (χ0n) is 11.3. The second-order valence-electron chi connectivity index (χ2n) is 4.56. The number of hydrogen-bond donors (Lipinski definition) is 2. The van der Waals surface area contributed by atoms with Gasteiger partial charge < -0.3 is 4.57 Å². The highest BCUT2D eigenvalue weighted by atomic mass is 16.2. The Balaban J connectivity index is 1.90. The van der Waals surface area contributed by atoms with Crippen LogP contribution in [0.15, 0.2) is 30.3 Å². The maximum absolute atomic E-state index is 12.3. The normalized spacial score (nSPS) is 10.9. The molecular weight excluding hydrogens is 254 g/mol. The van der Waals surface area contributed by atoms with Crippen molar-refractivity contribution in [2.24, 2.45) is 7.05 Å². The molecule has 0 saturated heterocycles. The molecule has 3 aromatic rings. The maximum Gasteiger partial charge on any atom is 0.274 e. The summed E-state index contributed by atoms with van der Waals surface area (Å²) >= 11 is 0. The Kier molecular flexibility index (Phi) is 2.98. The molecular formula is C14H15N5O. The lowest BCUT2D eigenvalue weighted by Gasteiger charge is -2.03. The van der Waals surface area contributed by atoms with Crippen molar-refractivity contribution in [2.45, 2.75) is 13.3 Å². The van der Waals surface area contributed by atoms with E-state index in [4.69, 9.17) is 0 Å². The van der Waals surface area contributed by atoms with Crippen molar-refractivity contribution in [2.75, 3.05) is 5.32 Å². The van der Waals surface area contributed by atoms with Gasteiger partial charge in [0.1, 0.15) is 11.5 Å². The molecule has 2 heterocycles. The fraction of sp³-hybridized carbons (Fsp3) is 0.214. The molecule has 0 saturated carbocycles. The van der Waals surface area contributed by atoms with Gasteiger partial charge in [0.2, 0.25) is 5.95 Å². The Morgan fingerprint density at radius 2 is 2.20 bits per heavy atom. The lowest BCUT2D eigenvalue weighted by Crippen LogP contribution is -2.16. The van der Waals surface area contributed by atoms with Crippen LogP contribution in [0.2, 0.25) is 0 Å². The first-order valence-corrected chi connectivity index (χ1v) is 6.46. The van der Waals surface area contributed by atoms with E-state index in [9.17, 15) is 4.79 Å². The summed E-state index contributed by atoms with van der Waals surface area (Å²) in [5, 5.41) is 10.5. The third-order valence-corrected chi connectivity index (χ3v) is 3.28. The number of aromatic nitrogens is 4. The number of rotatable bonds is 3. The summed E-state index contributed by atoms with van der Waals surface area (Å²) < 4.78 is 1.86. The number of amides is 1. The molecule has 1 aromatic carbocycles. The van der Waals surface area contributed by atoms with Crippen molar-refractivity contribution in [3.05, 3.63) is 41.9 Å². The Bertz CT molecular complexity index is 771. The predicted octanol–water partition coefficient (Wildman–Crippen LogP) is 2.11. The molecule has 0 atom stereocenters. The quantitative estimate of drug-likeness (QED) is 0.764. The zero-order valence-corrected chi connectivity index (χ0v) is 11.3. The van der Waals surface area contributed by atoms with E-state index in [1.165, 1.54) is 0 Å². The summed E-state index contributed by atoms with van der Waals surface area (Å²) in [6.45, 7) is 1.97. The molecule has 1 amide bonds. The Hall–Kier alpha value is -2.63. The van der Waals surface area contributed by atoms with E-state index in [-0.39, 0.29) is 5.91 Å². The van der Waals surface area contributed by atoms with Crippen molar-refractivity contribution in [1.29, 1.82) is 0 Å². The van der Waals surface area contributed by atoms with E-state index in [0.717, 1.165) is 23.1 Å². The maximum atomic E-state index is 12.3. The van der Waals surface area contributed by atoms with Crippen molar-refractivity contribution in [3.8, 4) is 0 Å². The molecule has 20 heavy (non-hydrogen) atoms. The van der Waals surface area contributed by atoms with Gasteiger partial charge in [0.05, 0.1) is 0 Å². The number of benzene rings is 1. The van der Waals surface area contributed by atoms with Gasteiger partial charge in [0.15, 0.2) is 0 Å². The standard InChI is InChI=1S/C14H15N5O/c1-3-12-15-14(18-17-12)16-13(20)11-8-9-6-4-5-7-10(9)19(11)2/h4-8H,3H2,1-2H3,(H2,15,16,17,18,20). The first kappa shape index (κ1) is 12.4. The first-order chi connectivity index (χ1) is 9.69. The van der Waals surface area contributed by atoms with Gasteiger partial charge in [-0.05, 0) is 12.1 Å². The average molecular weight is 269 g/mol. The van der Waals surface area contributed by atoms with Crippen LogP contribution in [0, 0.1) is 0 Å². The van der Waals surface area contributed by atoms with Crippen LogP contribution in [-0.2, 0) is 13.5 Å². The molecule has 6 heteroatoms. The van der Waals surface area contributed by atoms with Crippen molar-refractivity contribution in [3.63, 3.8) is 0 Å². The molecule has 0 spiro atoms. The predicted molar refractivity (Wildman–Crippen MR) is 76.6 cm³/mol. The SMILES string of the molecule is CCc1nc(NC(=O)c2cc3ccccc3n2C)n[nH]1. The summed E-state index contributed by atoms with van der Waals surface area (Å²) in [6.07, 6.45) is 0.747. The molecule has 2 N–H and O–H groups in total. The number of hydrogen-bond acceptors (Lipinski definition) is 3. The summed E-state index contributed by atoms with van der Waals surface area (Å²) in [7, 11) is 1.87. The smallest absolute Gasteiger partial charge is 0.274 e. The van der Waals surface area contributed by atoms with Gasteiger partial charge in [-0.2, -0.15) is 4.98 Å². The highest BCUT2D eigenvalue weighted by molar-refractivity contribution is 6.05. The molecule has 0 aliphatic heterocycles. The second-order valence-corrected chi connectivity index (χ2v) is 4.56. The van der Waals surface area contributed by atoms with Gasteiger partial charge in [-0.15, -0.1) is 5.10 Å². The fourth-order valence-corrected chi connectivity index (χ4v) is 2.18. The number of carbonyl (C=O) groups excluding carboxylic acids is 1. The number of aromatic amines is 1. The van der Waals surface area contributed by atoms with Gasteiger partial charge in [0, 0.05) is 24.4 Å². The zero-order chi connectivity index (χ0) is 14.1. The lowest BCUT2D eigenvalue weighted by atomic mass is 10.2. The van der Waals surface area contributed by atoms with Gasteiger partial charge in [-0.1, -0.05) is 25.1 Å². The number of para-hydroxylation sites is 1. The summed E-state index contributed by atoms with van der Waals surface area (Å²) in [5.41, 5.74) is 1.59. The fourth-order valence-electron chi connectivity index (χ4n) is 2.18. The van der Waals surface area contributed by atoms with E-state index >= 15 is 0 Å². The molecule has 0 radical (unpaired) electrons. The van der Waals surface area contributed by atoms with Gasteiger partial charge in [-0.3, -0.25) is 15.2 Å². The molecule has 102 valence electrons. The minimum atomic E-state index is -0.217. The number of aryl methyl sites for hydroxylation is 2. The van der Waals surface area contributed by atoms with Crippen molar-refractivity contribution >= 4 is 22.8 Å². The van der Waals surface area contributed by atoms with E-state index in [1.807, 2.05) is 48.9 Å². The summed E-state index contributed by atoms with van der Waals surface area (Å²) in [5.74, 6) is 0.833. The second kappa shape index (κ2) is 4.80. The third kappa shape index (κ3) is 2.05. The summed E-state index contributed by atoms with van der Waals surface area (Å²) in [4.78, 5) is 16.4. The monoisotopic (exact) mass is 269 g/mol. The van der Waals surface area contributed by atoms with Gasteiger partial charge in [0.25, 0.3) is 5.91 Å². The van der Waals surface area contributed by atoms with Crippen LogP contribution in [0.3, 0.4) is 0 Å². The van der Waals surface area contributed by atoms with E-state index in [0.29, 0.717) is 11.6 Å². The number of nitrogens with one attached hydrogen (secondary N) is 2. The molecule has 6 nitrogen and oxygen atoms in total. The van der Waals surface area contributed by atoms with Crippen LogP contribution < -0.4 is 5.32 Å². The van der Waals surface area contributed by atoms with Crippen LogP contribution >= 0.6 is 0 Å². The number of carbonyl (C=O) groups is 1. The van der Waals surface area contributed by atoms with Crippen molar-refractivity contribution < 1.29 is 4.79 Å². The van der Waals surface area contributed by atoms with E-state index in [1.54, 1.807) is 0 Å². The molecule has 3 rings (SSSR count). The van der Waals surface area contributed by atoms with Crippen molar-refractivity contribution in [1.82, 2.24) is 19.7 Å². The molecule has 0 bridgehead atoms. The number of nitrogens with zero attached hydrogens (tertiary/aromatic N) is 3. The lowest BCUT2D eigenvalue weighted by molar-refractivity contribution is 0.101. The van der Waals surface area contributed by atoms with Gasteiger partial charge >= 0.3 is 0 Å². The molecule has 0 fully saturated rings. The summed E-state index contributed by atoms with van der Waals surface area (Å²) in [6, 6.07) is 9.72. The first-order valence-electron chi connectivity index (χ1n) is 6.46. The minimum Gasteiger partial charge on any atom is -0.340 e. The van der Waals surface area contributed by atoms with Crippen LogP contribution in [-0.4, -0.2) is 25.7 Å². The topological polar surface area (TPSA) is 75.6 Å². The largest absolute Gasteiger partial charge is 0.340 e. The molecule has 0 aliphatic rings. The third-order valence-electron chi connectivity index (χ3n) is 3.28. The van der Waals surface area contributed by atoms with E-state index < -0.39 is 0 Å². The molecule has 0 aliphatic carbocycles. The minimum absolute atomic E-state index is 0.217. The number of fused-ring (bicyclic) bond motifs is 1. The van der Waals surface area contributed by atoms with Crippen LogP contribution in [0.1, 0.15) is 23.2 Å². The molecule has 0 unspecified atom stereocenters. The van der Waals surface area contributed by atoms with Crippen LogP contribution in [0.25, 0.3) is 10.9 Å². The van der Waals surface area contributed by atoms with Gasteiger partial charge in [-0.25, -0.2) is 0 Å². The Morgan fingerprint density at radius 3 is 2.90 bits per heavy atom. The average Bonchev–Trinajstić information content (AvgIpc) is 3.04. The van der Waals surface area contributed by atoms with Crippen LogP contribution in [0.4, 0.5) is 5.95 Å². The Labute approximate surface area is 115 Å². The number of anilines is 1. The van der Waals surface area contributed by atoms with Crippen LogP contribution in [0.5, 0.6) is 0 Å². The highest BCUT2D eigenvalue weighted by Gasteiger charge is 2.14. The highest BCUT2D eigenvalue weighted by Crippen LogP contribution is 2.18. The Morgan fingerprint density at radius 1 is 1.40 bits per heavy atom. The molecule has 2 aromatic heterocycles. The number of H-pyrrole nitrogens is 1.